The van der Waals surface area contributed by atoms with Crippen molar-refractivity contribution >= 4 is 51.8 Å². The van der Waals surface area contributed by atoms with Gasteiger partial charge in [-0.1, -0.05) is 13.3 Å². The number of hydrogen-bond donors (Lipinski definition) is 0. The van der Waals surface area contributed by atoms with Gasteiger partial charge < -0.3 is 16.5 Å². The van der Waals surface area contributed by atoms with Crippen LogP contribution in [0.4, 0.5) is 0 Å². The normalized spacial score (nSPS) is 15.2. The molecule has 0 amide bonds. The third kappa shape index (κ3) is 14.2. The van der Waals surface area contributed by atoms with Gasteiger partial charge in [-0.2, -0.15) is 0 Å². The molecule has 26 heavy (non-hydrogen) atoms. The minimum Gasteiger partial charge on any atom is -0.460 e. The molecule has 0 saturated carbocycles. The van der Waals surface area contributed by atoms with Crippen molar-refractivity contribution in [3.05, 3.63) is 0 Å². The first kappa shape index (κ1) is 27.1. The highest BCUT2D eigenvalue weighted by Crippen LogP contribution is 2.32. The summed E-state index contributed by atoms with van der Waals surface area (Å²) in [7, 11) is -10.1. The molecule has 0 aliphatic carbocycles. The topological polar surface area (TPSA) is 36.9 Å². The second-order valence-electron chi connectivity index (χ2n) is 10.8. The van der Waals surface area contributed by atoms with Crippen LogP contribution < -0.4 is 0 Å². The molecule has 0 aliphatic rings. The minimum absolute atomic E-state index is 0.377. The largest absolute Gasteiger partial charge is 0.469 e. The van der Waals surface area contributed by atoms with E-state index in [1.165, 1.54) is 12.5 Å². The van der Waals surface area contributed by atoms with Crippen LogP contribution in [-0.4, -0.2) is 51.8 Å². The number of hydrogen-bond acceptors (Lipinski definition) is 4. The zero-order valence-electron chi connectivity index (χ0n) is 19.7. The van der Waals surface area contributed by atoms with Crippen molar-refractivity contribution in [2.45, 2.75) is 103 Å². The van der Waals surface area contributed by atoms with E-state index in [-0.39, 0.29) is 9.76 Å². The van der Waals surface area contributed by atoms with E-state index in [2.05, 4.69) is 78.9 Å². The van der Waals surface area contributed by atoms with Gasteiger partial charge in [-0.3, -0.25) is 0 Å². The molecule has 0 N–H and O–H groups in total. The maximum Gasteiger partial charge on any atom is 0.469 e. The van der Waals surface area contributed by atoms with Gasteiger partial charge in [-0.25, -0.2) is 0 Å². The molecule has 0 aromatic heterocycles. The van der Waals surface area contributed by atoms with Crippen LogP contribution in [0.15, 0.2) is 0 Å². The van der Waals surface area contributed by atoms with E-state index in [0.29, 0.717) is 0 Å². The fourth-order valence-electron chi connectivity index (χ4n) is 2.63. The van der Waals surface area contributed by atoms with Gasteiger partial charge in [0.15, 0.2) is 33.3 Å². The molecular formula is C16H46O4Si6. The fourth-order valence-corrected chi connectivity index (χ4v) is 24.0. The summed E-state index contributed by atoms with van der Waals surface area (Å²) in [5.74, 6) is 0. The standard InChI is InChI=1S/C16H46O4Si6/c1-13-14-21-17-25(11,12)15-16-26(18-22(2,3)4,19-23(5,6)7)20-24(8,9)10/h13-16,21H2,1-12H3. The smallest absolute Gasteiger partial charge is 0.460 e. The van der Waals surface area contributed by atoms with Crippen LogP contribution in [0, 0.1) is 0 Å². The number of rotatable bonds is 13. The molecular weight excluding hydrogens is 425 g/mol. The van der Waals surface area contributed by atoms with Gasteiger partial charge >= 0.3 is 8.80 Å². The summed E-state index contributed by atoms with van der Waals surface area (Å²) in [6.45, 7) is 27.2. The van der Waals surface area contributed by atoms with Crippen LogP contribution in [0.2, 0.25) is 90.1 Å². The summed E-state index contributed by atoms with van der Waals surface area (Å²) in [6.07, 6.45) is 1.24. The van der Waals surface area contributed by atoms with Crippen LogP contribution in [0.5, 0.6) is 0 Å². The molecule has 0 rings (SSSR count). The van der Waals surface area contributed by atoms with E-state index in [1.807, 2.05) is 0 Å². The highest BCUT2D eigenvalue weighted by molar-refractivity contribution is 6.90. The molecule has 0 aromatic carbocycles. The lowest BCUT2D eigenvalue weighted by atomic mass is 10.6. The molecule has 0 saturated heterocycles. The Morgan fingerprint density at radius 2 is 1.00 bits per heavy atom. The third-order valence-electron chi connectivity index (χ3n) is 3.41. The van der Waals surface area contributed by atoms with Crippen molar-refractivity contribution in [3.8, 4) is 0 Å². The van der Waals surface area contributed by atoms with Gasteiger partial charge in [-0.15, -0.1) is 0 Å². The van der Waals surface area contributed by atoms with Gasteiger partial charge in [0.1, 0.15) is 9.76 Å². The Morgan fingerprint density at radius 1 is 0.615 bits per heavy atom. The van der Waals surface area contributed by atoms with Gasteiger partial charge in [0, 0.05) is 6.04 Å². The Morgan fingerprint density at radius 3 is 1.31 bits per heavy atom. The van der Waals surface area contributed by atoms with Crippen LogP contribution >= 0.6 is 0 Å². The van der Waals surface area contributed by atoms with Gasteiger partial charge in [0.2, 0.25) is 0 Å². The van der Waals surface area contributed by atoms with Crippen LogP contribution in [0.1, 0.15) is 13.3 Å². The van der Waals surface area contributed by atoms with Crippen molar-refractivity contribution in [2.24, 2.45) is 0 Å². The molecule has 4 nitrogen and oxygen atoms in total. The highest BCUT2D eigenvalue weighted by Gasteiger charge is 2.50. The van der Waals surface area contributed by atoms with Crippen LogP contribution in [-0.2, 0) is 16.5 Å². The Hall–Kier alpha value is 1.14. The second kappa shape index (κ2) is 10.3. The van der Waals surface area contributed by atoms with Crippen molar-refractivity contribution < 1.29 is 16.5 Å². The molecule has 10 heteroatoms. The summed E-state index contributed by atoms with van der Waals surface area (Å²) < 4.78 is 26.8. The van der Waals surface area contributed by atoms with Crippen molar-refractivity contribution in [1.82, 2.24) is 0 Å². The van der Waals surface area contributed by atoms with E-state index in [9.17, 15) is 0 Å². The van der Waals surface area contributed by atoms with E-state index in [0.717, 1.165) is 12.1 Å². The first-order valence-electron chi connectivity index (χ1n) is 10.1. The lowest BCUT2D eigenvalue weighted by Crippen LogP contribution is -2.61. The summed E-state index contributed by atoms with van der Waals surface area (Å²) in [6, 6.07) is 3.28. The summed E-state index contributed by atoms with van der Waals surface area (Å²) in [4.78, 5) is 0. The average molecular weight is 471 g/mol. The summed E-state index contributed by atoms with van der Waals surface area (Å²) >= 11 is 0. The SMILES string of the molecule is CCC[SiH2]O[Si](C)(C)CC[Si](O[Si](C)(C)C)(O[Si](C)(C)C)O[Si](C)(C)C. The van der Waals surface area contributed by atoms with E-state index < -0.39 is 42.1 Å². The third-order valence-corrected chi connectivity index (χ3v) is 22.2. The molecule has 158 valence electrons. The molecule has 0 bridgehead atoms. The van der Waals surface area contributed by atoms with Crippen molar-refractivity contribution in [1.29, 1.82) is 0 Å². The van der Waals surface area contributed by atoms with Gasteiger partial charge in [-0.05, 0) is 84.1 Å². The summed E-state index contributed by atoms with van der Waals surface area (Å²) in [5, 5.41) is 0. The Bertz CT molecular complexity index is 372. The van der Waals surface area contributed by atoms with Crippen LogP contribution in [0.3, 0.4) is 0 Å². The van der Waals surface area contributed by atoms with Crippen LogP contribution in [0.25, 0.3) is 0 Å². The van der Waals surface area contributed by atoms with E-state index in [4.69, 9.17) is 16.5 Å². The quantitative estimate of drug-likeness (QED) is 0.259. The summed E-state index contributed by atoms with van der Waals surface area (Å²) in [5.41, 5.74) is 0. The highest BCUT2D eigenvalue weighted by atomic mass is 28.5. The molecule has 0 atom stereocenters. The zero-order chi connectivity index (χ0) is 20.9. The van der Waals surface area contributed by atoms with Crippen molar-refractivity contribution in [3.63, 3.8) is 0 Å². The lowest BCUT2D eigenvalue weighted by Gasteiger charge is -2.43. The predicted molar refractivity (Wildman–Crippen MR) is 131 cm³/mol. The zero-order valence-corrected chi connectivity index (χ0v) is 26.1. The van der Waals surface area contributed by atoms with Gasteiger partial charge in [0.25, 0.3) is 0 Å². The lowest BCUT2D eigenvalue weighted by molar-refractivity contribution is 0.253. The second-order valence-corrected chi connectivity index (χ2v) is 34.1. The van der Waals surface area contributed by atoms with E-state index >= 15 is 0 Å². The Balaban J connectivity index is 5.50. The molecule has 0 aliphatic heterocycles. The Labute approximate surface area is 171 Å². The fraction of sp³-hybridized carbons (Fsp3) is 1.00. The monoisotopic (exact) mass is 470 g/mol. The minimum atomic E-state index is -2.70. The first-order valence-corrected chi connectivity index (χ1v) is 27.0. The molecule has 0 fully saturated rings. The van der Waals surface area contributed by atoms with Gasteiger partial charge in [0.05, 0.1) is 0 Å². The predicted octanol–water partition coefficient (Wildman–Crippen LogP) is 5.61. The molecule has 0 heterocycles. The van der Waals surface area contributed by atoms with E-state index in [1.54, 1.807) is 0 Å². The molecule has 0 unspecified atom stereocenters. The molecule has 0 aromatic rings. The maximum absolute atomic E-state index is 6.78. The van der Waals surface area contributed by atoms with Crippen molar-refractivity contribution in [2.75, 3.05) is 0 Å². The molecule has 0 spiro atoms. The molecule has 0 radical (unpaired) electrons. The Kier molecular flexibility index (Phi) is 10.7. The average Bonchev–Trinajstić information content (AvgIpc) is 2.30. The maximum atomic E-state index is 6.78. The first-order chi connectivity index (χ1) is 11.4.